The zero-order chi connectivity index (χ0) is 14.6. The predicted molar refractivity (Wildman–Crippen MR) is 78.0 cm³/mol. The van der Waals surface area contributed by atoms with Gasteiger partial charge in [0.1, 0.15) is 5.76 Å². The molecule has 0 atom stereocenters. The summed E-state index contributed by atoms with van der Waals surface area (Å²) in [6.07, 6.45) is 8.80. The fourth-order valence-corrected chi connectivity index (χ4v) is 1.66. The summed E-state index contributed by atoms with van der Waals surface area (Å²) in [5.74, 6) is 0.361. The molecule has 0 aromatic carbocycles. The number of unbranched alkanes of at least 4 members (excludes halogenated alkanes) is 3. The highest BCUT2D eigenvalue weighted by atomic mass is 16.5. The molecule has 5 nitrogen and oxygen atoms in total. The van der Waals surface area contributed by atoms with E-state index in [1.807, 2.05) is 0 Å². The van der Waals surface area contributed by atoms with Crippen molar-refractivity contribution in [3.63, 3.8) is 0 Å². The number of methoxy groups -OCH3 is 1. The van der Waals surface area contributed by atoms with E-state index in [-0.39, 0.29) is 13.3 Å². The molecule has 0 aliphatic rings. The highest BCUT2D eigenvalue weighted by Crippen LogP contribution is 2.04. The third kappa shape index (κ3) is 7.41. The molecule has 1 amide bonds. The number of carbonyl (C=O) groups excluding carboxylic acids is 2. The molecule has 20 heavy (non-hydrogen) atoms. The highest BCUT2D eigenvalue weighted by molar-refractivity contribution is 5.91. The maximum atomic E-state index is 11.5. The molecule has 1 heterocycles. The summed E-state index contributed by atoms with van der Waals surface area (Å²) < 4.78 is 9.63. The summed E-state index contributed by atoms with van der Waals surface area (Å²) in [5.41, 5.74) is 0. The minimum absolute atomic E-state index is 0. The smallest absolute Gasteiger partial charge is 0.305 e. The van der Waals surface area contributed by atoms with Crippen LogP contribution in [0.4, 0.5) is 0 Å². The SMILES string of the molecule is COC(=O)CCCCCCNC(=O)/C=C/c1ccco1.[HH]. The first kappa shape index (κ1) is 16.0. The number of hydrogen-bond donors (Lipinski definition) is 1. The standard InChI is InChI=1S/C15H21NO4.H2/c1-19-15(18)8-4-2-3-5-11-16-14(17)10-9-13-7-6-12-20-13;/h6-7,9-10,12H,2-5,8,11H2,1H3,(H,16,17);1H/b10-9+;. The lowest BCUT2D eigenvalue weighted by Crippen LogP contribution is -2.21. The van der Waals surface area contributed by atoms with Gasteiger partial charge in [0.05, 0.1) is 13.4 Å². The van der Waals surface area contributed by atoms with Gasteiger partial charge in [0, 0.05) is 20.5 Å². The number of rotatable bonds is 9. The van der Waals surface area contributed by atoms with Crippen molar-refractivity contribution in [1.29, 1.82) is 0 Å². The summed E-state index contributed by atoms with van der Waals surface area (Å²) in [6.45, 7) is 0.638. The van der Waals surface area contributed by atoms with Gasteiger partial charge in [-0.3, -0.25) is 9.59 Å². The van der Waals surface area contributed by atoms with Crippen LogP contribution >= 0.6 is 0 Å². The van der Waals surface area contributed by atoms with Gasteiger partial charge in [-0.25, -0.2) is 0 Å². The molecule has 5 heteroatoms. The zero-order valence-corrected chi connectivity index (χ0v) is 11.8. The maximum Gasteiger partial charge on any atom is 0.305 e. The van der Waals surface area contributed by atoms with Crippen molar-refractivity contribution in [3.05, 3.63) is 30.2 Å². The zero-order valence-electron chi connectivity index (χ0n) is 11.8. The minimum atomic E-state index is -0.165. The second-order valence-electron chi connectivity index (χ2n) is 4.38. The molecule has 0 spiro atoms. The Balaban J connectivity index is 0.00000400. The molecule has 1 aromatic heterocycles. The lowest BCUT2D eigenvalue weighted by molar-refractivity contribution is -0.140. The van der Waals surface area contributed by atoms with Crippen molar-refractivity contribution in [1.82, 2.24) is 5.32 Å². The van der Waals surface area contributed by atoms with Crippen LogP contribution in [0.1, 0.15) is 39.3 Å². The van der Waals surface area contributed by atoms with Crippen molar-refractivity contribution < 1.29 is 20.2 Å². The summed E-state index contributed by atoms with van der Waals surface area (Å²) in [7, 11) is 1.40. The quantitative estimate of drug-likeness (QED) is 0.429. The Morgan fingerprint density at radius 2 is 2.15 bits per heavy atom. The summed E-state index contributed by atoms with van der Waals surface area (Å²) in [6, 6.07) is 3.55. The predicted octanol–water partition coefficient (Wildman–Crippen LogP) is 2.78. The molecular formula is C15H23NO4. The summed E-state index contributed by atoms with van der Waals surface area (Å²) >= 11 is 0. The van der Waals surface area contributed by atoms with Gasteiger partial charge in [0.15, 0.2) is 0 Å². The van der Waals surface area contributed by atoms with Gasteiger partial charge in [-0.1, -0.05) is 12.8 Å². The third-order valence-corrected chi connectivity index (χ3v) is 2.78. The molecule has 0 radical (unpaired) electrons. The van der Waals surface area contributed by atoms with Crippen molar-refractivity contribution in [2.75, 3.05) is 13.7 Å². The Hall–Kier alpha value is -2.04. The van der Waals surface area contributed by atoms with E-state index in [4.69, 9.17) is 4.42 Å². The molecule has 1 rings (SSSR count). The highest BCUT2D eigenvalue weighted by Gasteiger charge is 1.99. The molecule has 0 unspecified atom stereocenters. The van der Waals surface area contributed by atoms with E-state index in [0.717, 1.165) is 25.7 Å². The van der Waals surface area contributed by atoms with E-state index < -0.39 is 0 Å². The molecule has 0 aliphatic heterocycles. The fraction of sp³-hybridized carbons (Fsp3) is 0.467. The van der Waals surface area contributed by atoms with E-state index in [1.165, 1.54) is 13.2 Å². The van der Waals surface area contributed by atoms with Crippen LogP contribution in [-0.2, 0) is 14.3 Å². The van der Waals surface area contributed by atoms with Crippen LogP contribution in [0.25, 0.3) is 6.08 Å². The molecule has 0 fully saturated rings. The monoisotopic (exact) mass is 281 g/mol. The van der Waals surface area contributed by atoms with Crippen molar-refractivity contribution in [2.24, 2.45) is 0 Å². The second-order valence-corrected chi connectivity index (χ2v) is 4.38. The van der Waals surface area contributed by atoms with E-state index >= 15 is 0 Å². The fourth-order valence-electron chi connectivity index (χ4n) is 1.66. The van der Waals surface area contributed by atoms with Crippen LogP contribution in [0.15, 0.2) is 28.9 Å². The van der Waals surface area contributed by atoms with E-state index in [1.54, 1.807) is 24.5 Å². The van der Waals surface area contributed by atoms with Gasteiger partial charge in [-0.05, 0) is 31.1 Å². The van der Waals surface area contributed by atoms with Gasteiger partial charge < -0.3 is 14.5 Å². The van der Waals surface area contributed by atoms with Crippen molar-refractivity contribution in [2.45, 2.75) is 32.1 Å². The average Bonchev–Trinajstić information content (AvgIpc) is 2.97. The van der Waals surface area contributed by atoms with Crippen molar-refractivity contribution >= 4 is 18.0 Å². The van der Waals surface area contributed by atoms with Gasteiger partial charge >= 0.3 is 5.97 Å². The maximum absolute atomic E-state index is 11.5. The van der Waals surface area contributed by atoms with Crippen LogP contribution in [0.3, 0.4) is 0 Å². The Bertz CT molecular complexity index is 429. The van der Waals surface area contributed by atoms with Gasteiger partial charge in [0.2, 0.25) is 5.91 Å². The molecule has 0 aliphatic carbocycles. The molecule has 1 aromatic rings. The topological polar surface area (TPSA) is 68.5 Å². The molecule has 1 N–H and O–H groups in total. The first-order valence-electron chi connectivity index (χ1n) is 6.78. The number of hydrogen-bond acceptors (Lipinski definition) is 4. The lowest BCUT2D eigenvalue weighted by atomic mass is 10.1. The van der Waals surface area contributed by atoms with Gasteiger partial charge in [0.25, 0.3) is 0 Å². The Morgan fingerprint density at radius 1 is 1.35 bits per heavy atom. The van der Waals surface area contributed by atoms with Crippen LogP contribution in [0, 0.1) is 0 Å². The first-order valence-corrected chi connectivity index (χ1v) is 6.78. The Labute approximate surface area is 120 Å². The second kappa shape index (κ2) is 9.83. The number of nitrogens with one attached hydrogen (secondary N) is 1. The number of amides is 1. The van der Waals surface area contributed by atoms with E-state index in [2.05, 4.69) is 10.1 Å². The van der Waals surface area contributed by atoms with Crippen molar-refractivity contribution in [3.8, 4) is 0 Å². The lowest BCUT2D eigenvalue weighted by Gasteiger charge is -2.02. The van der Waals surface area contributed by atoms with Gasteiger partial charge in [-0.15, -0.1) is 0 Å². The normalized spacial score (nSPS) is 10.7. The molecule has 0 saturated carbocycles. The third-order valence-electron chi connectivity index (χ3n) is 2.78. The molecule has 112 valence electrons. The van der Waals surface area contributed by atoms with E-state index in [0.29, 0.717) is 18.7 Å². The molecule has 0 bridgehead atoms. The largest absolute Gasteiger partial charge is 0.469 e. The van der Waals surface area contributed by atoms with Crippen LogP contribution in [0.2, 0.25) is 0 Å². The molecule has 0 saturated heterocycles. The molecular weight excluding hydrogens is 258 g/mol. The summed E-state index contributed by atoms with van der Waals surface area (Å²) in [5, 5.41) is 2.80. The number of ether oxygens (including phenoxy) is 1. The van der Waals surface area contributed by atoms with Crippen LogP contribution < -0.4 is 5.32 Å². The average molecular weight is 281 g/mol. The minimum Gasteiger partial charge on any atom is -0.469 e. The van der Waals surface area contributed by atoms with Crippen LogP contribution in [0.5, 0.6) is 0 Å². The van der Waals surface area contributed by atoms with E-state index in [9.17, 15) is 9.59 Å². The Kier molecular flexibility index (Phi) is 7.87. The number of esters is 1. The van der Waals surface area contributed by atoms with Crippen LogP contribution in [-0.4, -0.2) is 25.5 Å². The number of carbonyl (C=O) groups is 2. The summed E-state index contributed by atoms with van der Waals surface area (Å²) in [4.78, 5) is 22.3. The first-order chi connectivity index (χ1) is 9.72. The Morgan fingerprint density at radius 3 is 2.85 bits per heavy atom. The van der Waals surface area contributed by atoms with Gasteiger partial charge in [-0.2, -0.15) is 0 Å². The number of furan rings is 1.